The molecule has 34 heavy (non-hydrogen) atoms. The predicted molar refractivity (Wildman–Crippen MR) is 129 cm³/mol. The molecule has 1 unspecified atom stereocenters. The van der Waals surface area contributed by atoms with Crippen LogP contribution in [0.3, 0.4) is 0 Å². The number of hydrogen-bond donors (Lipinski definition) is 1. The minimum atomic E-state index is -0.276. The lowest BCUT2D eigenvalue weighted by molar-refractivity contribution is -0.127. The van der Waals surface area contributed by atoms with Gasteiger partial charge in [-0.1, -0.05) is 62.3 Å². The molecule has 2 aromatic carbocycles. The molecule has 1 aliphatic heterocycles. The highest BCUT2D eigenvalue weighted by Crippen LogP contribution is 2.26. The molecule has 0 spiro atoms. The highest BCUT2D eigenvalue weighted by molar-refractivity contribution is 5.79. The van der Waals surface area contributed by atoms with Crippen molar-refractivity contribution in [2.24, 2.45) is 5.92 Å². The van der Waals surface area contributed by atoms with Crippen molar-refractivity contribution in [3.8, 4) is 11.4 Å². The SMILES string of the molecule is CC(NC(=O)C1CCN(Cc2nc(-c3ccc(C(C)(C)C)cc3)no2)CC1)c1ccc(F)cc1. The molecule has 1 N–H and O–H groups in total. The monoisotopic (exact) mass is 464 g/mol. The molecular formula is C27H33FN4O2. The maximum atomic E-state index is 13.1. The molecule has 0 radical (unpaired) electrons. The fourth-order valence-electron chi connectivity index (χ4n) is 4.27. The van der Waals surface area contributed by atoms with Gasteiger partial charge in [0.05, 0.1) is 12.6 Å². The van der Waals surface area contributed by atoms with Crippen LogP contribution in [-0.2, 0) is 16.8 Å². The second-order valence-electron chi connectivity index (χ2n) is 10.2. The van der Waals surface area contributed by atoms with E-state index in [0.29, 0.717) is 18.3 Å². The Morgan fingerprint density at radius 3 is 2.38 bits per heavy atom. The molecule has 1 aromatic heterocycles. The Bertz CT molecular complexity index is 1090. The van der Waals surface area contributed by atoms with Crippen LogP contribution in [0.4, 0.5) is 4.39 Å². The summed E-state index contributed by atoms with van der Waals surface area (Å²) in [5.74, 6) is 0.928. The predicted octanol–water partition coefficient (Wildman–Crippen LogP) is 5.26. The molecule has 4 rings (SSSR count). The number of nitrogens with zero attached hydrogens (tertiary/aromatic N) is 3. The van der Waals surface area contributed by atoms with E-state index in [1.54, 1.807) is 12.1 Å². The molecule has 1 fully saturated rings. The number of amides is 1. The number of piperidine rings is 1. The summed E-state index contributed by atoms with van der Waals surface area (Å²) in [6, 6.07) is 14.4. The zero-order valence-corrected chi connectivity index (χ0v) is 20.3. The number of nitrogens with one attached hydrogen (secondary N) is 1. The van der Waals surface area contributed by atoms with Crippen molar-refractivity contribution in [1.82, 2.24) is 20.4 Å². The maximum absolute atomic E-state index is 13.1. The summed E-state index contributed by atoms with van der Waals surface area (Å²) in [7, 11) is 0. The first-order valence-corrected chi connectivity index (χ1v) is 11.9. The van der Waals surface area contributed by atoms with Crippen molar-refractivity contribution in [1.29, 1.82) is 0 Å². The van der Waals surface area contributed by atoms with E-state index >= 15 is 0 Å². The molecule has 180 valence electrons. The molecular weight excluding hydrogens is 431 g/mol. The third-order valence-corrected chi connectivity index (χ3v) is 6.52. The summed E-state index contributed by atoms with van der Waals surface area (Å²) in [6.45, 7) is 10.6. The molecule has 3 aromatic rings. The van der Waals surface area contributed by atoms with Gasteiger partial charge in [-0.3, -0.25) is 9.69 Å². The summed E-state index contributed by atoms with van der Waals surface area (Å²) in [5.41, 5.74) is 3.20. The van der Waals surface area contributed by atoms with Gasteiger partial charge < -0.3 is 9.84 Å². The lowest BCUT2D eigenvalue weighted by Crippen LogP contribution is -2.40. The Balaban J connectivity index is 1.27. The smallest absolute Gasteiger partial charge is 0.241 e. The van der Waals surface area contributed by atoms with Gasteiger partial charge >= 0.3 is 0 Å². The van der Waals surface area contributed by atoms with E-state index < -0.39 is 0 Å². The summed E-state index contributed by atoms with van der Waals surface area (Å²) < 4.78 is 18.6. The van der Waals surface area contributed by atoms with Gasteiger partial charge in [0.15, 0.2) is 0 Å². The van der Waals surface area contributed by atoms with Crippen LogP contribution in [0.2, 0.25) is 0 Å². The molecule has 2 heterocycles. The number of rotatable bonds is 6. The average molecular weight is 465 g/mol. The van der Waals surface area contributed by atoms with Gasteiger partial charge in [0.1, 0.15) is 5.82 Å². The number of carbonyl (C=O) groups excluding carboxylic acids is 1. The Morgan fingerprint density at radius 2 is 1.76 bits per heavy atom. The van der Waals surface area contributed by atoms with Crippen LogP contribution in [-0.4, -0.2) is 34.0 Å². The molecule has 1 aliphatic rings. The van der Waals surface area contributed by atoms with Crippen molar-refractivity contribution in [3.05, 3.63) is 71.4 Å². The van der Waals surface area contributed by atoms with Gasteiger partial charge in [-0.2, -0.15) is 4.98 Å². The standard InChI is InChI=1S/C27H33FN4O2/c1-18(19-7-11-23(28)12-8-19)29-26(33)21-13-15-32(16-14-21)17-24-30-25(31-34-24)20-5-9-22(10-6-20)27(2,3)4/h5-12,18,21H,13-17H2,1-4H3,(H,29,33). The lowest BCUT2D eigenvalue weighted by atomic mass is 9.87. The average Bonchev–Trinajstić information content (AvgIpc) is 3.28. The van der Waals surface area contributed by atoms with Crippen molar-refractivity contribution in [3.63, 3.8) is 0 Å². The first-order valence-electron chi connectivity index (χ1n) is 11.9. The van der Waals surface area contributed by atoms with Crippen molar-refractivity contribution < 1.29 is 13.7 Å². The first kappa shape index (κ1) is 24.1. The number of carbonyl (C=O) groups is 1. The second kappa shape index (κ2) is 10.1. The molecule has 0 bridgehead atoms. The summed E-state index contributed by atoms with van der Waals surface area (Å²) in [5, 5.41) is 7.22. The number of hydrogen-bond acceptors (Lipinski definition) is 5. The van der Waals surface area contributed by atoms with Crippen molar-refractivity contribution >= 4 is 5.91 Å². The van der Waals surface area contributed by atoms with E-state index in [9.17, 15) is 9.18 Å². The fourth-order valence-corrected chi connectivity index (χ4v) is 4.27. The quantitative estimate of drug-likeness (QED) is 0.539. The molecule has 1 amide bonds. The van der Waals surface area contributed by atoms with Crippen LogP contribution >= 0.6 is 0 Å². The third kappa shape index (κ3) is 5.89. The molecule has 0 aliphatic carbocycles. The van der Waals surface area contributed by atoms with Crippen LogP contribution < -0.4 is 5.32 Å². The maximum Gasteiger partial charge on any atom is 0.241 e. The van der Waals surface area contributed by atoms with Gasteiger partial charge in [-0.15, -0.1) is 0 Å². The first-order chi connectivity index (χ1) is 16.2. The summed E-state index contributed by atoms with van der Waals surface area (Å²) >= 11 is 0. The molecule has 1 saturated heterocycles. The normalized spacial score (nSPS) is 16.4. The van der Waals surface area contributed by atoms with Gasteiger partial charge in [0.2, 0.25) is 17.6 Å². The van der Waals surface area contributed by atoms with Gasteiger partial charge in [0, 0.05) is 11.5 Å². The van der Waals surface area contributed by atoms with Gasteiger partial charge in [-0.05, 0) is 61.5 Å². The zero-order chi connectivity index (χ0) is 24.3. The topological polar surface area (TPSA) is 71.3 Å². The van der Waals surface area contributed by atoms with Gasteiger partial charge in [0.25, 0.3) is 0 Å². The second-order valence-corrected chi connectivity index (χ2v) is 10.2. The molecule has 6 nitrogen and oxygen atoms in total. The Labute approximate surface area is 200 Å². The number of aromatic nitrogens is 2. The highest BCUT2D eigenvalue weighted by atomic mass is 19.1. The van der Waals surface area contributed by atoms with E-state index in [4.69, 9.17) is 4.52 Å². The number of halogens is 1. The summed E-state index contributed by atoms with van der Waals surface area (Å²) in [4.78, 5) is 19.5. The van der Waals surface area contributed by atoms with E-state index in [1.807, 2.05) is 19.1 Å². The Hall–Kier alpha value is -3.06. The van der Waals surface area contributed by atoms with E-state index in [2.05, 4.69) is 53.3 Å². The lowest BCUT2D eigenvalue weighted by Gasteiger charge is -2.30. The van der Waals surface area contributed by atoms with E-state index in [-0.39, 0.29) is 29.1 Å². The Kier molecular flexibility index (Phi) is 7.12. The van der Waals surface area contributed by atoms with Crippen LogP contribution in [0, 0.1) is 11.7 Å². The van der Waals surface area contributed by atoms with Crippen LogP contribution in [0.15, 0.2) is 53.1 Å². The molecule has 1 atom stereocenters. The van der Waals surface area contributed by atoms with Crippen molar-refractivity contribution in [2.75, 3.05) is 13.1 Å². The minimum Gasteiger partial charge on any atom is -0.349 e. The van der Waals surface area contributed by atoms with E-state index in [0.717, 1.165) is 37.1 Å². The Morgan fingerprint density at radius 1 is 1.12 bits per heavy atom. The van der Waals surface area contributed by atoms with Gasteiger partial charge in [-0.25, -0.2) is 4.39 Å². The van der Waals surface area contributed by atoms with Crippen LogP contribution in [0.25, 0.3) is 11.4 Å². The largest absolute Gasteiger partial charge is 0.349 e. The third-order valence-electron chi connectivity index (χ3n) is 6.52. The number of benzene rings is 2. The zero-order valence-electron chi connectivity index (χ0n) is 20.3. The van der Waals surface area contributed by atoms with Crippen LogP contribution in [0.5, 0.6) is 0 Å². The summed E-state index contributed by atoms with van der Waals surface area (Å²) in [6.07, 6.45) is 1.55. The minimum absolute atomic E-state index is 0.0290. The van der Waals surface area contributed by atoms with Crippen molar-refractivity contribution in [2.45, 2.75) is 58.5 Å². The molecule has 0 saturated carbocycles. The van der Waals surface area contributed by atoms with E-state index in [1.165, 1.54) is 17.7 Å². The highest BCUT2D eigenvalue weighted by Gasteiger charge is 2.27. The molecule has 7 heteroatoms. The fraction of sp³-hybridized carbons (Fsp3) is 0.444. The van der Waals surface area contributed by atoms with Crippen LogP contribution in [0.1, 0.15) is 63.6 Å². The number of likely N-dealkylation sites (tertiary alicyclic amines) is 1.